The van der Waals surface area contributed by atoms with Crippen molar-refractivity contribution in [3.63, 3.8) is 0 Å². The molecule has 2 atom stereocenters. The Morgan fingerprint density at radius 3 is 2.88 bits per heavy atom. The number of carbonyl (C=O) groups excluding carboxylic acids is 1. The second-order valence-electron chi connectivity index (χ2n) is 3.69. The van der Waals surface area contributed by atoms with Gasteiger partial charge in [-0.25, -0.2) is 9.78 Å². The fraction of sp³-hybridized carbons (Fsp3) is 0.455. The maximum absolute atomic E-state index is 11.4. The van der Waals surface area contributed by atoms with Crippen molar-refractivity contribution in [3.8, 4) is 0 Å². The van der Waals surface area contributed by atoms with Gasteiger partial charge in [0.15, 0.2) is 0 Å². The number of pyridine rings is 1. The van der Waals surface area contributed by atoms with Crippen LogP contribution in [0.3, 0.4) is 0 Å². The number of urea groups is 1. The summed E-state index contributed by atoms with van der Waals surface area (Å²) >= 11 is 0. The highest BCUT2D eigenvalue weighted by Gasteiger charge is 2.07. The molecule has 1 aromatic heterocycles. The van der Waals surface area contributed by atoms with E-state index in [0.29, 0.717) is 18.8 Å². The van der Waals surface area contributed by atoms with Crippen LogP contribution in [-0.2, 0) is 10.8 Å². The van der Waals surface area contributed by atoms with Crippen LogP contribution in [-0.4, -0.2) is 33.3 Å². The normalized spacial score (nSPS) is 13.8. The van der Waals surface area contributed by atoms with E-state index in [4.69, 9.17) is 0 Å². The fourth-order valence-electron chi connectivity index (χ4n) is 1.15. The number of anilines is 1. The van der Waals surface area contributed by atoms with Gasteiger partial charge in [0.1, 0.15) is 5.82 Å². The summed E-state index contributed by atoms with van der Waals surface area (Å²) < 4.78 is 11.1. The van der Waals surface area contributed by atoms with Crippen LogP contribution in [0.1, 0.15) is 13.3 Å². The number of hydrogen-bond donors (Lipinski definition) is 2. The zero-order valence-corrected chi connectivity index (χ0v) is 10.8. The fourth-order valence-corrected chi connectivity index (χ4v) is 1.60. The standard InChI is InChI=1S/C11H17N3O2S/c1-9(17(2)16)6-8-13-11(15)14-10-5-3-4-7-12-10/h3-5,7,9H,6,8H2,1-2H3,(H2,12,13,14,15). The molecule has 0 fully saturated rings. The van der Waals surface area contributed by atoms with Gasteiger partial charge in [0, 0.05) is 35.0 Å². The van der Waals surface area contributed by atoms with Crippen LogP contribution < -0.4 is 10.6 Å². The van der Waals surface area contributed by atoms with E-state index in [9.17, 15) is 9.00 Å². The first-order chi connectivity index (χ1) is 8.09. The number of hydrogen-bond acceptors (Lipinski definition) is 3. The molecule has 5 nitrogen and oxygen atoms in total. The Bertz CT molecular complexity index is 384. The summed E-state index contributed by atoms with van der Waals surface area (Å²) in [6, 6.07) is 4.99. The van der Waals surface area contributed by atoms with Crippen molar-refractivity contribution >= 4 is 22.6 Å². The van der Waals surface area contributed by atoms with Crippen molar-refractivity contribution in [3.05, 3.63) is 24.4 Å². The molecule has 1 rings (SSSR count). The molecule has 6 heteroatoms. The predicted molar refractivity (Wildman–Crippen MR) is 69.4 cm³/mol. The van der Waals surface area contributed by atoms with Crippen molar-refractivity contribution in [1.82, 2.24) is 10.3 Å². The molecular weight excluding hydrogens is 238 g/mol. The second kappa shape index (κ2) is 7.01. The lowest BCUT2D eigenvalue weighted by Crippen LogP contribution is -2.31. The first-order valence-electron chi connectivity index (χ1n) is 5.37. The average molecular weight is 255 g/mol. The van der Waals surface area contributed by atoms with Gasteiger partial charge in [-0.15, -0.1) is 0 Å². The molecule has 0 radical (unpaired) electrons. The zero-order chi connectivity index (χ0) is 12.7. The summed E-state index contributed by atoms with van der Waals surface area (Å²) in [4.78, 5) is 15.4. The minimum Gasteiger partial charge on any atom is -0.338 e. The van der Waals surface area contributed by atoms with E-state index in [1.165, 1.54) is 0 Å². The minimum atomic E-state index is -0.847. The minimum absolute atomic E-state index is 0.0881. The molecular formula is C11H17N3O2S. The van der Waals surface area contributed by atoms with Gasteiger partial charge >= 0.3 is 6.03 Å². The van der Waals surface area contributed by atoms with Gasteiger partial charge in [0.25, 0.3) is 0 Å². The van der Waals surface area contributed by atoms with Crippen LogP contribution in [0.5, 0.6) is 0 Å². The number of nitrogens with one attached hydrogen (secondary N) is 2. The van der Waals surface area contributed by atoms with E-state index in [1.807, 2.05) is 6.92 Å². The zero-order valence-electron chi connectivity index (χ0n) is 9.97. The molecule has 0 aliphatic rings. The van der Waals surface area contributed by atoms with Crippen molar-refractivity contribution in [2.75, 3.05) is 18.1 Å². The molecule has 1 aromatic rings. The number of amides is 2. The van der Waals surface area contributed by atoms with E-state index < -0.39 is 10.8 Å². The third-order valence-corrected chi connectivity index (χ3v) is 3.68. The summed E-state index contributed by atoms with van der Waals surface area (Å²) in [7, 11) is -0.847. The molecule has 2 amide bonds. The van der Waals surface area contributed by atoms with Crippen LogP contribution in [0.25, 0.3) is 0 Å². The van der Waals surface area contributed by atoms with Crippen molar-refractivity contribution in [1.29, 1.82) is 0 Å². The molecule has 2 unspecified atom stereocenters. The number of rotatable bonds is 5. The van der Waals surface area contributed by atoms with Gasteiger partial charge < -0.3 is 5.32 Å². The van der Waals surface area contributed by atoms with E-state index >= 15 is 0 Å². The summed E-state index contributed by atoms with van der Waals surface area (Å²) in [6.45, 7) is 2.40. The molecule has 0 aliphatic heterocycles. The SMILES string of the molecule is CC(CCNC(=O)Nc1ccccn1)S(C)=O. The van der Waals surface area contributed by atoms with Crippen LogP contribution >= 0.6 is 0 Å². The number of aromatic nitrogens is 1. The lowest BCUT2D eigenvalue weighted by Gasteiger charge is -2.09. The Hall–Kier alpha value is -1.43. The molecule has 0 aromatic carbocycles. The van der Waals surface area contributed by atoms with Crippen molar-refractivity contribution in [2.24, 2.45) is 0 Å². The highest BCUT2D eigenvalue weighted by molar-refractivity contribution is 7.84. The van der Waals surface area contributed by atoms with Crippen LogP contribution in [0.2, 0.25) is 0 Å². The Morgan fingerprint density at radius 2 is 2.29 bits per heavy atom. The van der Waals surface area contributed by atoms with Gasteiger partial charge in [-0.05, 0) is 18.6 Å². The topological polar surface area (TPSA) is 71.1 Å². The largest absolute Gasteiger partial charge is 0.338 e. The number of carbonyl (C=O) groups is 1. The molecule has 1 heterocycles. The summed E-state index contributed by atoms with van der Waals surface area (Å²) in [5.74, 6) is 0.511. The van der Waals surface area contributed by atoms with Crippen molar-refractivity contribution < 1.29 is 9.00 Å². The molecule has 94 valence electrons. The van der Waals surface area contributed by atoms with Crippen LogP contribution in [0, 0.1) is 0 Å². The Kier molecular flexibility index (Phi) is 5.62. The molecule has 0 saturated heterocycles. The molecule has 0 spiro atoms. The lowest BCUT2D eigenvalue weighted by atomic mass is 10.3. The smallest absolute Gasteiger partial charge is 0.320 e. The molecule has 17 heavy (non-hydrogen) atoms. The Labute approximate surface area is 103 Å². The van der Waals surface area contributed by atoms with Crippen molar-refractivity contribution in [2.45, 2.75) is 18.6 Å². The summed E-state index contributed by atoms with van der Waals surface area (Å²) in [6.07, 6.45) is 3.97. The van der Waals surface area contributed by atoms with E-state index in [1.54, 1.807) is 30.7 Å². The summed E-state index contributed by atoms with van der Waals surface area (Å²) in [5, 5.41) is 5.39. The molecule has 0 saturated carbocycles. The highest BCUT2D eigenvalue weighted by atomic mass is 32.2. The van der Waals surface area contributed by atoms with Gasteiger partial charge in [-0.2, -0.15) is 0 Å². The van der Waals surface area contributed by atoms with E-state index in [0.717, 1.165) is 0 Å². The lowest BCUT2D eigenvalue weighted by molar-refractivity contribution is 0.252. The average Bonchev–Trinajstić information content (AvgIpc) is 2.30. The van der Waals surface area contributed by atoms with Crippen LogP contribution in [0.15, 0.2) is 24.4 Å². The highest BCUT2D eigenvalue weighted by Crippen LogP contribution is 2.00. The first-order valence-corrected chi connectivity index (χ1v) is 7.00. The molecule has 2 N–H and O–H groups in total. The Balaban J connectivity index is 2.25. The maximum Gasteiger partial charge on any atom is 0.320 e. The van der Waals surface area contributed by atoms with Gasteiger partial charge in [0.05, 0.1) is 0 Å². The predicted octanol–water partition coefficient (Wildman–Crippen LogP) is 1.36. The second-order valence-corrected chi connectivity index (χ2v) is 5.50. The van der Waals surface area contributed by atoms with Crippen LogP contribution in [0.4, 0.5) is 10.6 Å². The van der Waals surface area contributed by atoms with Gasteiger partial charge in [-0.1, -0.05) is 13.0 Å². The maximum atomic E-state index is 11.4. The molecule has 0 aliphatic carbocycles. The third kappa shape index (κ3) is 5.44. The quantitative estimate of drug-likeness (QED) is 0.834. The summed E-state index contributed by atoms with van der Waals surface area (Å²) in [5.41, 5.74) is 0. The van der Waals surface area contributed by atoms with Gasteiger partial charge in [-0.3, -0.25) is 9.53 Å². The molecule has 0 bridgehead atoms. The number of nitrogens with zero attached hydrogens (tertiary/aromatic N) is 1. The third-order valence-electron chi connectivity index (χ3n) is 2.31. The van der Waals surface area contributed by atoms with E-state index in [2.05, 4.69) is 15.6 Å². The Morgan fingerprint density at radius 1 is 1.53 bits per heavy atom. The van der Waals surface area contributed by atoms with Gasteiger partial charge in [0.2, 0.25) is 0 Å². The first kappa shape index (κ1) is 13.6. The monoisotopic (exact) mass is 255 g/mol. The van der Waals surface area contributed by atoms with E-state index in [-0.39, 0.29) is 11.3 Å².